The van der Waals surface area contributed by atoms with Gasteiger partial charge >= 0.3 is 0 Å². The van der Waals surface area contributed by atoms with E-state index in [2.05, 4.69) is 4.72 Å². The zero-order valence-corrected chi connectivity index (χ0v) is 12.0. The summed E-state index contributed by atoms with van der Waals surface area (Å²) >= 11 is 0. The molecular weight excluding hydrogens is 248 g/mol. The molecule has 0 heterocycles. The van der Waals surface area contributed by atoms with E-state index in [1.807, 2.05) is 26.0 Å². The molecule has 1 rings (SSSR count). The molecule has 0 aliphatic carbocycles. The Bertz CT molecular complexity index is 498. The van der Waals surface area contributed by atoms with E-state index < -0.39 is 10.0 Å². The molecule has 1 aromatic carbocycles. The van der Waals surface area contributed by atoms with Crippen LogP contribution in [0.25, 0.3) is 0 Å². The summed E-state index contributed by atoms with van der Waals surface area (Å²) in [6, 6.07) is 5.34. The van der Waals surface area contributed by atoms with E-state index in [1.165, 1.54) is 0 Å². The SMILES string of the molecule is Cc1ccc(C)c(S(=O)(=O)NC(C)CCCN)c1. The Labute approximate surface area is 110 Å². The molecule has 0 amide bonds. The minimum absolute atomic E-state index is 0.0986. The van der Waals surface area contributed by atoms with Crippen LogP contribution in [0.5, 0.6) is 0 Å². The molecule has 1 aromatic rings. The third-order valence-corrected chi connectivity index (χ3v) is 4.56. The van der Waals surface area contributed by atoms with Gasteiger partial charge in [0, 0.05) is 6.04 Å². The molecule has 0 saturated heterocycles. The molecule has 102 valence electrons. The zero-order valence-electron chi connectivity index (χ0n) is 11.2. The van der Waals surface area contributed by atoms with Gasteiger partial charge in [-0.1, -0.05) is 12.1 Å². The Morgan fingerprint density at radius 3 is 2.61 bits per heavy atom. The van der Waals surface area contributed by atoms with Gasteiger partial charge in [0.2, 0.25) is 10.0 Å². The molecule has 18 heavy (non-hydrogen) atoms. The highest BCUT2D eigenvalue weighted by Crippen LogP contribution is 2.17. The average molecular weight is 270 g/mol. The van der Waals surface area contributed by atoms with Gasteiger partial charge in [-0.05, 0) is 57.4 Å². The lowest BCUT2D eigenvalue weighted by atomic mass is 10.2. The third kappa shape index (κ3) is 4.08. The number of benzene rings is 1. The van der Waals surface area contributed by atoms with E-state index in [0.717, 1.165) is 24.0 Å². The Morgan fingerprint density at radius 2 is 2.00 bits per heavy atom. The summed E-state index contributed by atoms with van der Waals surface area (Å²) in [5.74, 6) is 0. The minimum atomic E-state index is -3.43. The zero-order chi connectivity index (χ0) is 13.8. The summed E-state index contributed by atoms with van der Waals surface area (Å²) in [5.41, 5.74) is 7.12. The summed E-state index contributed by atoms with van der Waals surface area (Å²) in [6.07, 6.45) is 1.57. The van der Waals surface area contributed by atoms with Gasteiger partial charge in [0.25, 0.3) is 0 Å². The minimum Gasteiger partial charge on any atom is -0.330 e. The molecule has 0 fully saturated rings. The fourth-order valence-electron chi connectivity index (χ4n) is 1.81. The summed E-state index contributed by atoms with van der Waals surface area (Å²) in [7, 11) is -3.43. The van der Waals surface area contributed by atoms with Crippen molar-refractivity contribution in [1.29, 1.82) is 0 Å². The molecule has 1 unspecified atom stereocenters. The normalized spacial score (nSPS) is 13.6. The largest absolute Gasteiger partial charge is 0.330 e. The highest BCUT2D eigenvalue weighted by Gasteiger charge is 2.19. The van der Waals surface area contributed by atoms with Gasteiger partial charge in [0.1, 0.15) is 0 Å². The van der Waals surface area contributed by atoms with Gasteiger partial charge < -0.3 is 5.73 Å². The summed E-state index contributed by atoms with van der Waals surface area (Å²) in [6.45, 7) is 6.13. The quantitative estimate of drug-likeness (QED) is 0.826. The van der Waals surface area contributed by atoms with Crippen LogP contribution in [0.3, 0.4) is 0 Å². The van der Waals surface area contributed by atoms with E-state index >= 15 is 0 Å². The van der Waals surface area contributed by atoms with Gasteiger partial charge in [0.05, 0.1) is 4.90 Å². The molecule has 0 spiro atoms. The van der Waals surface area contributed by atoms with Crippen LogP contribution in [0.1, 0.15) is 30.9 Å². The van der Waals surface area contributed by atoms with Crippen molar-refractivity contribution in [3.63, 3.8) is 0 Å². The highest BCUT2D eigenvalue weighted by atomic mass is 32.2. The molecular formula is C13H22N2O2S. The maximum absolute atomic E-state index is 12.2. The van der Waals surface area contributed by atoms with Gasteiger partial charge in [-0.25, -0.2) is 13.1 Å². The van der Waals surface area contributed by atoms with E-state index in [0.29, 0.717) is 11.4 Å². The number of hydrogen-bond acceptors (Lipinski definition) is 3. The van der Waals surface area contributed by atoms with Crippen LogP contribution in [0, 0.1) is 13.8 Å². The lowest BCUT2D eigenvalue weighted by Gasteiger charge is -2.15. The Balaban J connectivity index is 2.89. The third-order valence-electron chi connectivity index (χ3n) is 2.83. The van der Waals surface area contributed by atoms with Crippen molar-refractivity contribution in [1.82, 2.24) is 4.72 Å². The van der Waals surface area contributed by atoms with Crippen molar-refractivity contribution in [3.8, 4) is 0 Å². The summed E-state index contributed by atoms with van der Waals surface area (Å²) in [5, 5.41) is 0. The van der Waals surface area contributed by atoms with Crippen molar-refractivity contribution in [2.75, 3.05) is 6.54 Å². The molecule has 0 aromatic heterocycles. The van der Waals surface area contributed by atoms with Crippen LogP contribution in [-0.2, 0) is 10.0 Å². The number of nitrogens with one attached hydrogen (secondary N) is 1. The van der Waals surface area contributed by atoms with Crippen molar-refractivity contribution < 1.29 is 8.42 Å². The van der Waals surface area contributed by atoms with Gasteiger partial charge in [0.15, 0.2) is 0 Å². The van der Waals surface area contributed by atoms with Crippen LogP contribution in [-0.4, -0.2) is 21.0 Å². The predicted octanol–water partition coefficient (Wildman–Crippen LogP) is 1.71. The van der Waals surface area contributed by atoms with Crippen LogP contribution in [0.4, 0.5) is 0 Å². The second kappa shape index (κ2) is 6.31. The van der Waals surface area contributed by atoms with Crippen molar-refractivity contribution in [3.05, 3.63) is 29.3 Å². The maximum Gasteiger partial charge on any atom is 0.241 e. The topological polar surface area (TPSA) is 72.2 Å². The van der Waals surface area contributed by atoms with Crippen LogP contribution in [0.15, 0.2) is 23.1 Å². The number of rotatable bonds is 6. The summed E-state index contributed by atoms with van der Waals surface area (Å²) < 4.78 is 27.2. The lowest BCUT2D eigenvalue weighted by molar-refractivity contribution is 0.538. The number of nitrogens with two attached hydrogens (primary N) is 1. The smallest absolute Gasteiger partial charge is 0.241 e. The molecule has 1 atom stereocenters. The lowest BCUT2D eigenvalue weighted by Crippen LogP contribution is -2.33. The van der Waals surface area contributed by atoms with Crippen molar-refractivity contribution >= 4 is 10.0 Å². The van der Waals surface area contributed by atoms with E-state index in [1.54, 1.807) is 13.0 Å². The van der Waals surface area contributed by atoms with Crippen molar-refractivity contribution in [2.24, 2.45) is 5.73 Å². The first-order valence-corrected chi connectivity index (χ1v) is 7.65. The number of aryl methyl sites for hydroxylation is 2. The molecule has 3 N–H and O–H groups in total. The van der Waals surface area contributed by atoms with E-state index in [9.17, 15) is 8.42 Å². The number of hydrogen-bond donors (Lipinski definition) is 2. The summed E-state index contributed by atoms with van der Waals surface area (Å²) in [4.78, 5) is 0.363. The first kappa shape index (κ1) is 15.1. The van der Waals surface area contributed by atoms with Gasteiger partial charge in [-0.2, -0.15) is 0 Å². The second-order valence-corrected chi connectivity index (χ2v) is 6.40. The monoisotopic (exact) mass is 270 g/mol. The Hall–Kier alpha value is -0.910. The van der Waals surface area contributed by atoms with Crippen LogP contribution >= 0.6 is 0 Å². The molecule has 0 radical (unpaired) electrons. The van der Waals surface area contributed by atoms with Gasteiger partial charge in [-0.3, -0.25) is 0 Å². The maximum atomic E-state index is 12.2. The fraction of sp³-hybridized carbons (Fsp3) is 0.538. The molecule has 0 saturated carbocycles. The van der Waals surface area contributed by atoms with Crippen molar-refractivity contribution in [2.45, 2.75) is 44.6 Å². The number of sulfonamides is 1. The molecule has 4 nitrogen and oxygen atoms in total. The fourth-order valence-corrected chi connectivity index (χ4v) is 3.42. The highest BCUT2D eigenvalue weighted by molar-refractivity contribution is 7.89. The van der Waals surface area contributed by atoms with E-state index in [-0.39, 0.29) is 6.04 Å². The molecule has 0 bridgehead atoms. The Kier molecular flexibility index (Phi) is 5.31. The first-order valence-electron chi connectivity index (χ1n) is 6.16. The molecule has 0 aliphatic heterocycles. The van der Waals surface area contributed by atoms with Crippen LogP contribution < -0.4 is 10.5 Å². The predicted molar refractivity (Wildman–Crippen MR) is 74.0 cm³/mol. The standard InChI is InChI=1S/C13H22N2O2S/c1-10-6-7-11(2)13(9-10)18(16,17)15-12(3)5-4-8-14/h6-7,9,12,15H,4-5,8,14H2,1-3H3. The molecule has 5 heteroatoms. The molecule has 0 aliphatic rings. The first-order chi connectivity index (χ1) is 8.36. The Morgan fingerprint density at radius 1 is 1.33 bits per heavy atom. The second-order valence-electron chi connectivity index (χ2n) is 4.72. The average Bonchev–Trinajstić information content (AvgIpc) is 2.29. The van der Waals surface area contributed by atoms with Crippen LogP contribution in [0.2, 0.25) is 0 Å². The van der Waals surface area contributed by atoms with Gasteiger partial charge in [-0.15, -0.1) is 0 Å². The van der Waals surface area contributed by atoms with E-state index in [4.69, 9.17) is 5.73 Å².